The first-order valence-electron chi connectivity index (χ1n) is 7.71. The molecule has 0 radical (unpaired) electrons. The summed E-state index contributed by atoms with van der Waals surface area (Å²) in [5.41, 5.74) is 3.97. The van der Waals surface area contributed by atoms with E-state index < -0.39 is 0 Å². The van der Waals surface area contributed by atoms with Crippen LogP contribution in [0.25, 0.3) is 22.4 Å². The van der Waals surface area contributed by atoms with E-state index in [0.29, 0.717) is 15.6 Å². The molecule has 1 heterocycles. The number of aryl methyl sites for hydroxylation is 1. The lowest BCUT2D eigenvalue weighted by Gasteiger charge is -2.06. The summed E-state index contributed by atoms with van der Waals surface area (Å²) in [6.45, 7) is 2.89. The lowest BCUT2D eigenvalue weighted by molar-refractivity contribution is 0.112. The Morgan fingerprint density at radius 2 is 1.79 bits per heavy atom. The molecule has 1 aromatic heterocycles. The van der Waals surface area contributed by atoms with Crippen LogP contribution in [0.3, 0.4) is 0 Å². The highest BCUT2D eigenvalue weighted by molar-refractivity contribution is 6.35. The minimum atomic E-state index is 0.553. The zero-order chi connectivity index (χ0) is 17.1. The van der Waals surface area contributed by atoms with Crippen LogP contribution in [0, 0.1) is 0 Å². The molecule has 24 heavy (non-hydrogen) atoms. The predicted molar refractivity (Wildman–Crippen MR) is 98.8 cm³/mol. The Morgan fingerprint density at radius 1 is 1.08 bits per heavy atom. The first-order valence-corrected chi connectivity index (χ1v) is 8.46. The second kappa shape index (κ2) is 7.20. The second-order valence-corrected chi connectivity index (χ2v) is 6.39. The molecule has 0 fully saturated rings. The third kappa shape index (κ3) is 3.37. The summed E-state index contributed by atoms with van der Waals surface area (Å²) in [6, 6.07) is 12.8. The van der Waals surface area contributed by atoms with Crippen molar-refractivity contribution in [2.45, 2.75) is 19.9 Å². The molecule has 0 aliphatic rings. The summed E-state index contributed by atoms with van der Waals surface area (Å²) in [5.74, 6) is 0. The van der Waals surface area contributed by atoms with Gasteiger partial charge in [-0.1, -0.05) is 54.4 Å². The van der Waals surface area contributed by atoms with Crippen molar-refractivity contribution in [3.63, 3.8) is 0 Å². The second-order valence-electron chi connectivity index (χ2n) is 5.52. The number of aromatic nitrogens is 2. The van der Waals surface area contributed by atoms with Crippen molar-refractivity contribution in [1.29, 1.82) is 0 Å². The van der Waals surface area contributed by atoms with Gasteiger partial charge in [0.1, 0.15) is 5.69 Å². The van der Waals surface area contributed by atoms with Crippen molar-refractivity contribution in [2.24, 2.45) is 0 Å². The molecule has 0 unspecified atom stereocenters. The van der Waals surface area contributed by atoms with Gasteiger partial charge in [0, 0.05) is 39.5 Å². The molecule has 0 aliphatic heterocycles. The van der Waals surface area contributed by atoms with E-state index >= 15 is 0 Å². The third-order valence-corrected chi connectivity index (χ3v) is 4.16. The molecule has 0 spiro atoms. The van der Waals surface area contributed by atoms with Crippen LogP contribution < -0.4 is 0 Å². The molecule has 3 aromatic rings. The highest BCUT2D eigenvalue weighted by atomic mass is 35.5. The fourth-order valence-electron chi connectivity index (χ4n) is 2.71. The number of halogens is 2. The molecule has 2 aromatic carbocycles. The van der Waals surface area contributed by atoms with Crippen molar-refractivity contribution in [3.05, 3.63) is 64.3 Å². The molecular weight excluding hydrogens is 343 g/mol. The van der Waals surface area contributed by atoms with Gasteiger partial charge in [0.25, 0.3) is 0 Å². The van der Waals surface area contributed by atoms with E-state index in [1.54, 1.807) is 12.1 Å². The zero-order valence-electron chi connectivity index (χ0n) is 13.2. The standard InChI is InChI=1S/C19H16Cl2N2O/c1-2-7-23-11-18(17-6-4-3-5-13(17)12-24)19(22-23)14-8-15(20)10-16(21)9-14/h3-6,8-12H,2,7H2,1H3. The van der Waals surface area contributed by atoms with Gasteiger partial charge in [-0.15, -0.1) is 0 Å². The van der Waals surface area contributed by atoms with Crippen LogP contribution in [0.1, 0.15) is 23.7 Å². The average Bonchev–Trinajstić information content (AvgIpc) is 2.98. The number of carbonyl (C=O) groups excluding carboxylic acids is 1. The van der Waals surface area contributed by atoms with Crippen LogP contribution in [0.2, 0.25) is 10.0 Å². The quantitative estimate of drug-likeness (QED) is 0.544. The van der Waals surface area contributed by atoms with Gasteiger partial charge >= 0.3 is 0 Å². The summed E-state index contributed by atoms with van der Waals surface area (Å²) < 4.78 is 1.89. The number of nitrogens with zero attached hydrogens (tertiary/aromatic N) is 2. The van der Waals surface area contributed by atoms with E-state index in [-0.39, 0.29) is 0 Å². The average molecular weight is 359 g/mol. The molecule has 0 bridgehead atoms. The number of hydrogen-bond donors (Lipinski definition) is 0. The molecule has 0 saturated carbocycles. The molecule has 3 nitrogen and oxygen atoms in total. The van der Waals surface area contributed by atoms with Gasteiger partial charge in [-0.2, -0.15) is 5.10 Å². The van der Waals surface area contributed by atoms with Gasteiger partial charge in [0.05, 0.1) is 0 Å². The van der Waals surface area contributed by atoms with Crippen LogP contribution >= 0.6 is 23.2 Å². The Balaban J connectivity index is 2.23. The van der Waals surface area contributed by atoms with E-state index in [4.69, 9.17) is 23.2 Å². The van der Waals surface area contributed by atoms with E-state index in [0.717, 1.165) is 41.6 Å². The lowest BCUT2D eigenvalue weighted by Crippen LogP contribution is -1.96. The Kier molecular flexibility index (Phi) is 5.03. The maximum absolute atomic E-state index is 11.4. The first-order chi connectivity index (χ1) is 11.6. The molecular formula is C19H16Cl2N2O. The van der Waals surface area contributed by atoms with Crippen LogP contribution in [-0.4, -0.2) is 16.1 Å². The van der Waals surface area contributed by atoms with Gasteiger partial charge in [-0.05, 0) is 30.2 Å². The predicted octanol–water partition coefficient (Wildman–Crippen LogP) is 5.75. The topological polar surface area (TPSA) is 34.9 Å². The fraction of sp³-hybridized carbons (Fsp3) is 0.158. The minimum absolute atomic E-state index is 0.553. The first kappa shape index (κ1) is 16.7. The van der Waals surface area contributed by atoms with Crippen molar-refractivity contribution in [1.82, 2.24) is 9.78 Å². The fourth-order valence-corrected chi connectivity index (χ4v) is 3.24. The summed E-state index contributed by atoms with van der Waals surface area (Å²) >= 11 is 12.3. The van der Waals surface area contributed by atoms with Gasteiger partial charge in [-0.3, -0.25) is 9.48 Å². The maximum Gasteiger partial charge on any atom is 0.150 e. The van der Waals surface area contributed by atoms with E-state index in [1.165, 1.54) is 0 Å². The summed E-state index contributed by atoms with van der Waals surface area (Å²) in [4.78, 5) is 11.4. The van der Waals surface area contributed by atoms with Crippen molar-refractivity contribution >= 4 is 29.5 Å². The van der Waals surface area contributed by atoms with Gasteiger partial charge in [0.2, 0.25) is 0 Å². The Labute approximate surface area is 150 Å². The normalized spacial score (nSPS) is 10.8. The molecule has 0 amide bonds. The van der Waals surface area contributed by atoms with Crippen LogP contribution in [0.15, 0.2) is 48.7 Å². The highest BCUT2D eigenvalue weighted by Gasteiger charge is 2.16. The molecule has 0 saturated heterocycles. The van der Waals surface area contributed by atoms with Gasteiger partial charge < -0.3 is 0 Å². The van der Waals surface area contributed by atoms with Crippen molar-refractivity contribution in [2.75, 3.05) is 0 Å². The largest absolute Gasteiger partial charge is 0.298 e. The molecule has 122 valence electrons. The summed E-state index contributed by atoms with van der Waals surface area (Å²) in [7, 11) is 0. The minimum Gasteiger partial charge on any atom is -0.298 e. The highest BCUT2D eigenvalue weighted by Crippen LogP contribution is 2.35. The number of carbonyl (C=O) groups is 1. The van der Waals surface area contributed by atoms with E-state index in [2.05, 4.69) is 12.0 Å². The number of rotatable bonds is 5. The SMILES string of the molecule is CCCn1cc(-c2ccccc2C=O)c(-c2cc(Cl)cc(Cl)c2)n1. The van der Waals surface area contributed by atoms with Crippen molar-refractivity contribution < 1.29 is 4.79 Å². The molecule has 3 rings (SSSR count). The van der Waals surface area contributed by atoms with E-state index in [1.807, 2.05) is 41.2 Å². The van der Waals surface area contributed by atoms with Gasteiger partial charge in [-0.25, -0.2) is 0 Å². The van der Waals surface area contributed by atoms with Gasteiger partial charge in [0.15, 0.2) is 6.29 Å². The molecule has 0 atom stereocenters. The summed E-state index contributed by atoms with van der Waals surface area (Å²) in [6.07, 6.45) is 3.80. The smallest absolute Gasteiger partial charge is 0.150 e. The monoisotopic (exact) mass is 358 g/mol. The number of benzene rings is 2. The van der Waals surface area contributed by atoms with Crippen LogP contribution in [-0.2, 0) is 6.54 Å². The number of aldehydes is 1. The number of hydrogen-bond acceptors (Lipinski definition) is 2. The van der Waals surface area contributed by atoms with Crippen LogP contribution in [0.4, 0.5) is 0 Å². The lowest BCUT2D eigenvalue weighted by atomic mass is 9.98. The molecule has 0 N–H and O–H groups in total. The molecule has 0 aliphatic carbocycles. The van der Waals surface area contributed by atoms with Crippen molar-refractivity contribution in [3.8, 4) is 22.4 Å². The summed E-state index contributed by atoms with van der Waals surface area (Å²) in [5, 5.41) is 5.79. The maximum atomic E-state index is 11.4. The Hall–Kier alpha value is -2.10. The Morgan fingerprint density at radius 3 is 2.46 bits per heavy atom. The Bertz CT molecular complexity index is 867. The van der Waals surface area contributed by atoms with E-state index in [9.17, 15) is 4.79 Å². The molecule has 5 heteroatoms. The third-order valence-electron chi connectivity index (χ3n) is 3.73. The van der Waals surface area contributed by atoms with Crippen LogP contribution in [0.5, 0.6) is 0 Å². The zero-order valence-corrected chi connectivity index (χ0v) is 14.7.